The van der Waals surface area contributed by atoms with Crippen molar-refractivity contribution in [1.29, 1.82) is 0 Å². The van der Waals surface area contributed by atoms with E-state index in [1.807, 2.05) is 0 Å². The molecule has 4 rings (SSSR count). The Kier molecular flexibility index (Phi) is 4.59. The Morgan fingerprint density at radius 2 is 1.08 bits per heavy atom. The van der Waals surface area contributed by atoms with Crippen LogP contribution in [0.15, 0.2) is 24.3 Å². The normalized spacial score (nSPS) is 16.4. The van der Waals surface area contributed by atoms with Crippen molar-refractivity contribution in [1.82, 2.24) is 0 Å². The Labute approximate surface area is 149 Å². The van der Waals surface area contributed by atoms with Gasteiger partial charge in [-0.1, -0.05) is 24.3 Å². The zero-order valence-corrected chi connectivity index (χ0v) is 16.3. The van der Waals surface area contributed by atoms with Crippen LogP contribution in [0.5, 0.6) is 0 Å². The SMILES string of the molecule is O=C(c1c(P)ccc2c1CCCC2)c1c(P)ccc2c1CCCC2. The zero-order chi connectivity index (χ0) is 16.7. The van der Waals surface area contributed by atoms with Crippen LogP contribution in [0.25, 0.3) is 0 Å². The quantitative estimate of drug-likeness (QED) is 0.594. The summed E-state index contributed by atoms with van der Waals surface area (Å²) in [7, 11) is 5.59. The fraction of sp³-hybridized carbons (Fsp3) is 0.381. The van der Waals surface area contributed by atoms with Crippen molar-refractivity contribution < 1.29 is 4.79 Å². The predicted octanol–water partition coefficient (Wildman–Crippen LogP) is 3.68. The van der Waals surface area contributed by atoms with Gasteiger partial charge in [-0.25, -0.2) is 0 Å². The van der Waals surface area contributed by atoms with Gasteiger partial charge in [0, 0.05) is 11.1 Å². The van der Waals surface area contributed by atoms with Crippen molar-refractivity contribution in [3.05, 3.63) is 57.6 Å². The second-order valence-corrected chi connectivity index (χ2v) is 8.32. The highest BCUT2D eigenvalue weighted by Crippen LogP contribution is 2.30. The van der Waals surface area contributed by atoms with Gasteiger partial charge in [0.15, 0.2) is 5.78 Å². The summed E-state index contributed by atoms with van der Waals surface area (Å²) < 4.78 is 0. The molecule has 0 heterocycles. The molecule has 2 aromatic rings. The summed E-state index contributed by atoms with van der Waals surface area (Å²) in [5.74, 6) is 0.238. The molecule has 0 aliphatic heterocycles. The number of hydrogen-bond acceptors (Lipinski definition) is 1. The number of rotatable bonds is 2. The van der Waals surface area contributed by atoms with Crippen LogP contribution in [0, 0.1) is 0 Å². The summed E-state index contributed by atoms with van der Waals surface area (Å²) in [5, 5.41) is 2.11. The first-order valence-corrected chi connectivity index (χ1v) is 10.2. The fourth-order valence-electron chi connectivity index (χ4n) is 4.35. The molecule has 2 atom stereocenters. The number of carbonyl (C=O) groups excluding carboxylic acids is 1. The zero-order valence-electron chi connectivity index (χ0n) is 14.0. The van der Waals surface area contributed by atoms with Crippen molar-refractivity contribution in [2.24, 2.45) is 0 Å². The summed E-state index contributed by atoms with van der Waals surface area (Å²) in [6, 6.07) is 8.66. The maximum atomic E-state index is 13.6. The van der Waals surface area contributed by atoms with E-state index in [4.69, 9.17) is 0 Å². The molecule has 2 unspecified atom stereocenters. The van der Waals surface area contributed by atoms with Crippen molar-refractivity contribution >= 4 is 34.9 Å². The molecule has 0 amide bonds. The van der Waals surface area contributed by atoms with Crippen LogP contribution in [0.2, 0.25) is 0 Å². The number of carbonyl (C=O) groups is 1. The summed E-state index contributed by atoms with van der Waals surface area (Å²) in [6.07, 6.45) is 9.19. The van der Waals surface area contributed by atoms with Gasteiger partial charge in [0.1, 0.15) is 0 Å². The highest BCUT2D eigenvalue weighted by Gasteiger charge is 2.26. The van der Waals surface area contributed by atoms with Gasteiger partial charge < -0.3 is 0 Å². The van der Waals surface area contributed by atoms with E-state index in [9.17, 15) is 4.79 Å². The van der Waals surface area contributed by atoms with E-state index in [0.29, 0.717) is 0 Å². The van der Waals surface area contributed by atoms with Crippen LogP contribution >= 0.6 is 18.5 Å². The summed E-state index contributed by atoms with van der Waals surface area (Å²) >= 11 is 0. The summed E-state index contributed by atoms with van der Waals surface area (Å²) in [4.78, 5) is 13.6. The Balaban J connectivity index is 1.89. The maximum Gasteiger partial charge on any atom is 0.194 e. The highest BCUT2D eigenvalue weighted by molar-refractivity contribution is 7.28. The number of aryl methyl sites for hydroxylation is 2. The average molecular weight is 354 g/mol. The first-order chi connectivity index (χ1) is 11.7. The molecule has 1 nitrogen and oxygen atoms in total. The van der Waals surface area contributed by atoms with Gasteiger partial charge in [-0.15, -0.1) is 18.5 Å². The molecule has 124 valence electrons. The number of hydrogen-bond donors (Lipinski definition) is 0. The van der Waals surface area contributed by atoms with Gasteiger partial charge in [-0.3, -0.25) is 4.79 Å². The van der Waals surface area contributed by atoms with Gasteiger partial charge in [-0.05, 0) is 84.2 Å². The maximum absolute atomic E-state index is 13.6. The van der Waals surface area contributed by atoms with Crippen LogP contribution in [0.1, 0.15) is 63.9 Å². The van der Waals surface area contributed by atoms with Crippen molar-refractivity contribution in [3.8, 4) is 0 Å². The Bertz CT molecular complexity index is 756. The molecule has 24 heavy (non-hydrogen) atoms. The summed E-state index contributed by atoms with van der Waals surface area (Å²) in [6.45, 7) is 0. The molecule has 2 aromatic carbocycles. The van der Waals surface area contributed by atoms with E-state index in [-0.39, 0.29) is 5.78 Å². The third-order valence-electron chi connectivity index (χ3n) is 5.58. The van der Waals surface area contributed by atoms with Gasteiger partial charge >= 0.3 is 0 Å². The summed E-state index contributed by atoms with van der Waals surface area (Å²) in [5.41, 5.74) is 7.28. The lowest BCUT2D eigenvalue weighted by Gasteiger charge is -2.24. The minimum absolute atomic E-state index is 0.238. The molecule has 2 aliphatic carbocycles. The predicted molar refractivity (Wildman–Crippen MR) is 108 cm³/mol. The molecule has 0 saturated heterocycles. The number of fused-ring (bicyclic) bond motifs is 2. The molecule has 0 saturated carbocycles. The molecular formula is C21H24OP2. The lowest BCUT2D eigenvalue weighted by atomic mass is 9.82. The van der Waals surface area contributed by atoms with E-state index in [1.165, 1.54) is 47.9 Å². The van der Waals surface area contributed by atoms with Crippen LogP contribution in [-0.2, 0) is 25.7 Å². The minimum Gasteiger partial charge on any atom is -0.289 e. The number of ketones is 1. The second-order valence-electron chi connectivity index (χ2n) is 7.08. The van der Waals surface area contributed by atoms with Crippen molar-refractivity contribution in [2.45, 2.75) is 51.4 Å². The average Bonchev–Trinajstić information content (AvgIpc) is 2.61. The van der Waals surface area contributed by atoms with Crippen LogP contribution in [0.4, 0.5) is 0 Å². The Morgan fingerprint density at radius 3 is 1.54 bits per heavy atom. The molecule has 2 aliphatic rings. The van der Waals surface area contributed by atoms with Gasteiger partial charge in [-0.2, -0.15) is 0 Å². The molecule has 0 radical (unpaired) electrons. The molecule has 0 aromatic heterocycles. The third-order valence-corrected chi connectivity index (χ3v) is 6.55. The van der Waals surface area contributed by atoms with Crippen molar-refractivity contribution in [2.75, 3.05) is 0 Å². The van der Waals surface area contributed by atoms with Crippen molar-refractivity contribution in [3.63, 3.8) is 0 Å². The standard InChI is InChI=1S/C21H24OP2/c22-21(19-15-7-3-1-5-13(15)9-11-17(19)23)20-16-8-4-2-6-14(16)10-12-18(20)24/h9-12H,1-8,23-24H2. The van der Waals surface area contributed by atoms with E-state index in [0.717, 1.165) is 47.4 Å². The Morgan fingerprint density at radius 1 is 0.667 bits per heavy atom. The van der Waals surface area contributed by atoms with Crippen LogP contribution in [-0.4, -0.2) is 5.78 Å². The smallest absolute Gasteiger partial charge is 0.194 e. The molecule has 0 fully saturated rings. The van der Waals surface area contributed by atoms with E-state index in [2.05, 4.69) is 42.7 Å². The van der Waals surface area contributed by atoms with Gasteiger partial charge in [0.2, 0.25) is 0 Å². The van der Waals surface area contributed by atoms with Gasteiger partial charge in [0.05, 0.1) is 0 Å². The molecule has 3 heteroatoms. The minimum atomic E-state index is 0.238. The third kappa shape index (κ3) is 2.77. The van der Waals surface area contributed by atoms with E-state index in [1.54, 1.807) is 0 Å². The van der Waals surface area contributed by atoms with E-state index >= 15 is 0 Å². The molecular weight excluding hydrogens is 330 g/mol. The first kappa shape index (κ1) is 16.4. The topological polar surface area (TPSA) is 17.1 Å². The fourth-order valence-corrected chi connectivity index (χ4v) is 5.16. The molecule has 0 bridgehead atoms. The molecule has 0 spiro atoms. The lowest BCUT2D eigenvalue weighted by molar-refractivity contribution is 0.103. The molecule has 0 N–H and O–H groups in total. The lowest BCUT2D eigenvalue weighted by Crippen LogP contribution is -2.24. The van der Waals surface area contributed by atoms with E-state index < -0.39 is 0 Å². The largest absolute Gasteiger partial charge is 0.289 e. The first-order valence-electron chi connectivity index (χ1n) is 9.02. The van der Waals surface area contributed by atoms with Crippen LogP contribution in [0.3, 0.4) is 0 Å². The second kappa shape index (κ2) is 6.70. The van der Waals surface area contributed by atoms with Gasteiger partial charge in [0.25, 0.3) is 0 Å². The van der Waals surface area contributed by atoms with Crippen LogP contribution < -0.4 is 10.6 Å². The number of benzene rings is 2. The highest BCUT2D eigenvalue weighted by atomic mass is 31.0. The monoisotopic (exact) mass is 354 g/mol. The Hall–Kier alpha value is -1.03.